The van der Waals surface area contributed by atoms with Gasteiger partial charge in [-0.25, -0.2) is 9.78 Å². The summed E-state index contributed by atoms with van der Waals surface area (Å²) in [6, 6.07) is 5.23. The molecule has 9 heteroatoms. The first kappa shape index (κ1) is 19.1. The maximum Gasteiger partial charge on any atom is 0.321 e. The van der Waals surface area contributed by atoms with Gasteiger partial charge in [0.15, 0.2) is 5.13 Å². The molecule has 0 saturated carbocycles. The molecule has 1 aromatic carbocycles. The van der Waals surface area contributed by atoms with Crippen LogP contribution in [0.15, 0.2) is 22.7 Å². The minimum Gasteiger partial charge on any atom is -0.351 e. The van der Waals surface area contributed by atoms with Gasteiger partial charge >= 0.3 is 6.03 Å². The number of hydrogen-bond donors (Lipinski definition) is 1. The number of carbonyl (C=O) groups excluding carboxylic acids is 2. The van der Waals surface area contributed by atoms with Crippen LogP contribution in [-0.2, 0) is 4.79 Å². The Bertz CT molecular complexity index is 804. The van der Waals surface area contributed by atoms with Crippen LogP contribution in [0.5, 0.6) is 0 Å². The van der Waals surface area contributed by atoms with E-state index in [0.29, 0.717) is 24.5 Å². The summed E-state index contributed by atoms with van der Waals surface area (Å²) >= 11 is 4.85. The van der Waals surface area contributed by atoms with Crippen LogP contribution in [-0.4, -0.2) is 66.5 Å². The van der Waals surface area contributed by atoms with E-state index >= 15 is 0 Å². The summed E-state index contributed by atoms with van der Waals surface area (Å²) in [6.07, 6.45) is 0.970. The van der Waals surface area contributed by atoms with Crippen LogP contribution in [0.3, 0.4) is 0 Å². The largest absolute Gasteiger partial charge is 0.351 e. The van der Waals surface area contributed by atoms with E-state index < -0.39 is 6.03 Å². The predicted octanol–water partition coefficient (Wildman–Crippen LogP) is 2.50. The molecule has 1 aliphatic rings. The molecule has 1 fully saturated rings. The number of benzene rings is 1. The van der Waals surface area contributed by atoms with E-state index in [1.54, 1.807) is 0 Å². The highest BCUT2D eigenvalue weighted by Crippen LogP contribution is 2.31. The van der Waals surface area contributed by atoms with Crippen molar-refractivity contribution >= 4 is 54.6 Å². The van der Waals surface area contributed by atoms with Crippen molar-refractivity contribution in [2.45, 2.75) is 12.8 Å². The first-order chi connectivity index (χ1) is 12.4. The Kier molecular flexibility index (Phi) is 6.10. The molecule has 26 heavy (non-hydrogen) atoms. The van der Waals surface area contributed by atoms with Crippen molar-refractivity contribution in [2.75, 3.05) is 44.7 Å². The Balaban J connectivity index is 1.60. The van der Waals surface area contributed by atoms with E-state index in [2.05, 4.69) is 32.9 Å². The van der Waals surface area contributed by atoms with Crippen molar-refractivity contribution in [3.63, 3.8) is 0 Å². The standard InChI is InChI=1S/C17H22BrN5O2S/c1-21-7-9-22(10-8-21)15(24)3-2-6-23(16(19)25)17-20-13-5-4-12(18)11-14(13)26-17/h4-5,11H,2-3,6-10H2,1H3,(H2,19,25). The van der Waals surface area contributed by atoms with E-state index in [-0.39, 0.29) is 5.91 Å². The average molecular weight is 440 g/mol. The molecule has 0 bridgehead atoms. The zero-order valence-electron chi connectivity index (χ0n) is 14.7. The van der Waals surface area contributed by atoms with Gasteiger partial charge in [0.1, 0.15) is 0 Å². The highest BCUT2D eigenvalue weighted by molar-refractivity contribution is 9.10. The highest BCUT2D eigenvalue weighted by atomic mass is 79.9. The highest BCUT2D eigenvalue weighted by Gasteiger charge is 2.21. The lowest BCUT2D eigenvalue weighted by Gasteiger charge is -2.32. The van der Waals surface area contributed by atoms with Gasteiger partial charge in [0.25, 0.3) is 0 Å². The molecular formula is C17H22BrN5O2S. The van der Waals surface area contributed by atoms with Gasteiger partial charge in [-0.2, -0.15) is 0 Å². The van der Waals surface area contributed by atoms with Crippen LogP contribution in [0.4, 0.5) is 9.93 Å². The van der Waals surface area contributed by atoms with Crippen LogP contribution >= 0.6 is 27.3 Å². The second kappa shape index (κ2) is 8.32. The van der Waals surface area contributed by atoms with E-state index in [4.69, 9.17) is 5.73 Å². The number of carbonyl (C=O) groups is 2. The van der Waals surface area contributed by atoms with Crippen molar-refractivity contribution in [2.24, 2.45) is 5.73 Å². The quantitative estimate of drug-likeness (QED) is 0.775. The summed E-state index contributed by atoms with van der Waals surface area (Å²) in [5.41, 5.74) is 6.37. The Labute approximate surface area is 164 Å². The van der Waals surface area contributed by atoms with Crippen molar-refractivity contribution in [1.29, 1.82) is 0 Å². The van der Waals surface area contributed by atoms with E-state index in [0.717, 1.165) is 40.9 Å². The summed E-state index contributed by atoms with van der Waals surface area (Å²) in [4.78, 5) is 34.2. The van der Waals surface area contributed by atoms with Crippen LogP contribution in [0.2, 0.25) is 0 Å². The maximum atomic E-state index is 12.3. The SMILES string of the molecule is CN1CCN(C(=O)CCCN(C(N)=O)c2nc3ccc(Br)cc3s2)CC1. The fourth-order valence-electron chi connectivity index (χ4n) is 2.90. The van der Waals surface area contributed by atoms with E-state index in [9.17, 15) is 9.59 Å². The molecule has 3 amide bonds. The molecule has 1 aromatic heterocycles. The molecule has 0 unspecified atom stereocenters. The third-order valence-electron chi connectivity index (χ3n) is 4.46. The molecular weight excluding hydrogens is 418 g/mol. The van der Waals surface area contributed by atoms with Gasteiger partial charge in [0.2, 0.25) is 5.91 Å². The number of fused-ring (bicyclic) bond motifs is 1. The number of thiazole rings is 1. The molecule has 0 atom stereocenters. The topological polar surface area (TPSA) is 82.8 Å². The summed E-state index contributed by atoms with van der Waals surface area (Å²) in [5.74, 6) is 0.135. The molecule has 0 radical (unpaired) electrons. The number of primary amides is 1. The van der Waals surface area contributed by atoms with Gasteiger partial charge in [-0.1, -0.05) is 27.3 Å². The summed E-state index contributed by atoms with van der Waals surface area (Å²) in [5, 5.41) is 0.567. The lowest BCUT2D eigenvalue weighted by atomic mass is 10.2. The van der Waals surface area contributed by atoms with Gasteiger partial charge < -0.3 is 15.5 Å². The van der Waals surface area contributed by atoms with Crippen molar-refractivity contribution in [1.82, 2.24) is 14.8 Å². The molecule has 7 nitrogen and oxygen atoms in total. The Hall–Kier alpha value is -1.71. The Morgan fingerprint density at radius 1 is 1.31 bits per heavy atom. The number of piperazine rings is 1. The van der Waals surface area contributed by atoms with Gasteiger partial charge in [-0.3, -0.25) is 9.69 Å². The number of aromatic nitrogens is 1. The molecule has 3 rings (SSSR count). The van der Waals surface area contributed by atoms with Crippen molar-refractivity contribution < 1.29 is 9.59 Å². The zero-order chi connectivity index (χ0) is 18.7. The number of halogens is 1. The lowest BCUT2D eigenvalue weighted by molar-refractivity contribution is -0.132. The molecule has 2 aromatic rings. The smallest absolute Gasteiger partial charge is 0.321 e. The van der Waals surface area contributed by atoms with Crippen LogP contribution in [0.1, 0.15) is 12.8 Å². The van der Waals surface area contributed by atoms with Gasteiger partial charge in [-0.15, -0.1) is 0 Å². The number of rotatable bonds is 5. The van der Waals surface area contributed by atoms with Crippen molar-refractivity contribution in [3.8, 4) is 0 Å². The predicted molar refractivity (Wildman–Crippen MR) is 108 cm³/mol. The maximum absolute atomic E-state index is 12.3. The summed E-state index contributed by atoms with van der Waals surface area (Å²) in [7, 11) is 2.06. The first-order valence-corrected chi connectivity index (χ1v) is 10.1. The molecule has 1 saturated heterocycles. The monoisotopic (exact) mass is 439 g/mol. The molecule has 1 aliphatic heterocycles. The fraction of sp³-hybridized carbons (Fsp3) is 0.471. The van der Waals surface area contributed by atoms with Crippen LogP contribution in [0, 0.1) is 0 Å². The van der Waals surface area contributed by atoms with Gasteiger partial charge in [-0.05, 0) is 31.7 Å². The third kappa shape index (κ3) is 4.52. The summed E-state index contributed by atoms with van der Waals surface area (Å²) < 4.78 is 1.94. The van der Waals surface area contributed by atoms with Gasteiger partial charge in [0, 0.05) is 43.6 Å². The van der Waals surface area contributed by atoms with Crippen molar-refractivity contribution in [3.05, 3.63) is 22.7 Å². The normalized spacial score (nSPS) is 15.4. The minimum atomic E-state index is -0.546. The fourth-order valence-corrected chi connectivity index (χ4v) is 4.45. The van der Waals surface area contributed by atoms with Gasteiger partial charge in [0.05, 0.1) is 10.2 Å². The second-order valence-corrected chi connectivity index (χ2v) is 8.31. The number of amides is 3. The summed E-state index contributed by atoms with van der Waals surface area (Å²) in [6.45, 7) is 3.72. The Morgan fingerprint density at radius 2 is 2.04 bits per heavy atom. The molecule has 2 heterocycles. The number of anilines is 1. The minimum absolute atomic E-state index is 0.135. The molecule has 0 aliphatic carbocycles. The van der Waals surface area contributed by atoms with E-state index in [1.807, 2.05) is 23.1 Å². The van der Waals surface area contributed by atoms with Crippen LogP contribution < -0.4 is 10.6 Å². The lowest BCUT2D eigenvalue weighted by Crippen LogP contribution is -2.47. The van der Waals surface area contributed by atoms with E-state index in [1.165, 1.54) is 16.2 Å². The third-order valence-corrected chi connectivity index (χ3v) is 6.00. The molecule has 140 valence electrons. The molecule has 2 N–H and O–H groups in total. The van der Waals surface area contributed by atoms with Crippen LogP contribution in [0.25, 0.3) is 10.2 Å². The first-order valence-electron chi connectivity index (χ1n) is 8.53. The number of hydrogen-bond acceptors (Lipinski definition) is 5. The number of urea groups is 1. The average Bonchev–Trinajstić information content (AvgIpc) is 3.01. The number of likely N-dealkylation sites (N-methyl/N-ethyl adjacent to an activating group) is 1. The zero-order valence-corrected chi connectivity index (χ0v) is 17.1. The second-order valence-electron chi connectivity index (χ2n) is 6.39. The molecule has 0 spiro atoms. The number of nitrogens with zero attached hydrogens (tertiary/aromatic N) is 4. The Morgan fingerprint density at radius 3 is 2.73 bits per heavy atom. The number of nitrogens with two attached hydrogens (primary N) is 1.